The molecule has 20 heavy (non-hydrogen) atoms. The summed E-state index contributed by atoms with van der Waals surface area (Å²) in [5.74, 6) is 1.76. The van der Waals surface area contributed by atoms with Crippen LogP contribution in [0.5, 0.6) is 0 Å². The van der Waals surface area contributed by atoms with Gasteiger partial charge in [0.05, 0.1) is 5.69 Å². The van der Waals surface area contributed by atoms with Gasteiger partial charge in [-0.1, -0.05) is 6.92 Å². The van der Waals surface area contributed by atoms with E-state index in [4.69, 9.17) is 16.6 Å². The summed E-state index contributed by atoms with van der Waals surface area (Å²) in [6, 6.07) is 0. The van der Waals surface area contributed by atoms with E-state index in [1.165, 1.54) is 24.9 Å². The predicted octanol–water partition coefficient (Wildman–Crippen LogP) is 3.63. The maximum atomic E-state index is 5.99. The van der Waals surface area contributed by atoms with E-state index in [1.54, 1.807) is 0 Å². The molecule has 0 radical (unpaired) electrons. The van der Waals surface area contributed by atoms with Crippen molar-refractivity contribution in [1.82, 2.24) is 19.3 Å². The van der Waals surface area contributed by atoms with Crippen molar-refractivity contribution >= 4 is 22.8 Å². The quantitative estimate of drug-likeness (QED) is 0.789. The Kier molecular flexibility index (Phi) is 3.53. The molecule has 0 aliphatic heterocycles. The summed E-state index contributed by atoms with van der Waals surface area (Å²) in [6.45, 7) is 7.37. The first-order valence-electron chi connectivity index (χ1n) is 7.68. The molecule has 0 saturated heterocycles. The zero-order chi connectivity index (χ0) is 14.3. The molecule has 0 N–H and O–H groups in total. The first-order valence-corrected chi connectivity index (χ1v) is 8.21. The van der Waals surface area contributed by atoms with Gasteiger partial charge in [-0.3, -0.25) is 0 Å². The van der Waals surface area contributed by atoms with Crippen LogP contribution < -0.4 is 0 Å². The lowest BCUT2D eigenvalue weighted by Crippen LogP contribution is -2.41. The van der Waals surface area contributed by atoms with Crippen LogP contribution in [0.15, 0.2) is 0 Å². The van der Waals surface area contributed by atoms with Gasteiger partial charge < -0.3 is 4.57 Å². The van der Waals surface area contributed by atoms with Crippen molar-refractivity contribution in [2.45, 2.75) is 65.0 Å². The zero-order valence-electron chi connectivity index (χ0n) is 12.6. The smallest absolute Gasteiger partial charge is 0.159 e. The first kappa shape index (κ1) is 13.9. The Morgan fingerprint density at radius 3 is 2.55 bits per heavy atom. The second-order valence-electron chi connectivity index (χ2n) is 5.81. The standard InChI is InChI=1S/C15H23ClN4/c1-4-15(8-6-9-15)20-12(7-10-16)17-13-11(3)18-19(5-2)14(13)20/h4-10H2,1-3H3. The number of imidazole rings is 1. The number of hydrogen-bond donors (Lipinski definition) is 0. The molecule has 4 nitrogen and oxygen atoms in total. The molecule has 0 unspecified atom stereocenters. The molecule has 1 aliphatic rings. The van der Waals surface area contributed by atoms with Gasteiger partial charge in [-0.25, -0.2) is 9.67 Å². The van der Waals surface area contributed by atoms with Crippen LogP contribution in [-0.4, -0.2) is 25.2 Å². The van der Waals surface area contributed by atoms with Gasteiger partial charge in [0.15, 0.2) is 5.65 Å². The molecule has 1 fully saturated rings. The Labute approximate surface area is 125 Å². The highest BCUT2D eigenvalue weighted by Crippen LogP contribution is 2.45. The third-order valence-corrected chi connectivity index (χ3v) is 5.00. The Morgan fingerprint density at radius 1 is 1.30 bits per heavy atom. The second kappa shape index (κ2) is 5.06. The highest BCUT2D eigenvalue weighted by Gasteiger charge is 2.40. The average Bonchev–Trinajstić information content (AvgIpc) is 2.89. The Bertz CT molecular complexity index is 616. The molecule has 2 aromatic rings. The van der Waals surface area contributed by atoms with Gasteiger partial charge in [0.1, 0.15) is 11.3 Å². The molecule has 0 aromatic carbocycles. The highest BCUT2D eigenvalue weighted by atomic mass is 35.5. The SMILES string of the molecule is CCn1nc(C)c2nc(CCCl)n(C3(CC)CCC3)c21. The van der Waals surface area contributed by atoms with Gasteiger partial charge in [-0.2, -0.15) is 5.10 Å². The summed E-state index contributed by atoms with van der Waals surface area (Å²) in [5.41, 5.74) is 3.54. The van der Waals surface area contributed by atoms with Gasteiger partial charge in [0.25, 0.3) is 0 Å². The van der Waals surface area contributed by atoms with Crippen molar-refractivity contribution in [1.29, 1.82) is 0 Å². The molecule has 110 valence electrons. The van der Waals surface area contributed by atoms with E-state index in [2.05, 4.69) is 35.1 Å². The summed E-state index contributed by atoms with van der Waals surface area (Å²) in [7, 11) is 0. The summed E-state index contributed by atoms with van der Waals surface area (Å²) >= 11 is 5.99. The van der Waals surface area contributed by atoms with Crippen LogP contribution >= 0.6 is 11.6 Å². The average molecular weight is 295 g/mol. The van der Waals surface area contributed by atoms with Crippen molar-refractivity contribution in [3.05, 3.63) is 11.5 Å². The number of aromatic nitrogens is 4. The molecule has 0 atom stereocenters. The lowest BCUT2D eigenvalue weighted by Gasteiger charge is -2.44. The van der Waals surface area contributed by atoms with Crippen molar-refractivity contribution in [2.24, 2.45) is 0 Å². The largest absolute Gasteiger partial charge is 0.307 e. The summed E-state index contributed by atoms with van der Waals surface area (Å²) < 4.78 is 4.57. The monoisotopic (exact) mass is 294 g/mol. The van der Waals surface area contributed by atoms with Gasteiger partial charge in [-0.05, 0) is 39.5 Å². The molecule has 2 aromatic heterocycles. The molecule has 0 spiro atoms. The molecular weight excluding hydrogens is 272 g/mol. The molecule has 5 heteroatoms. The minimum atomic E-state index is 0.246. The van der Waals surface area contributed by atoms with Crippen molar-refractivity contribution in [2.75, 3.05) is 5.88 Å². The normalized spacial score (nSPS) is 17.6. The molecule has 2 heterocycles. The molecular formula is C15H23ClN4. The van der Waals surface area contributed by atoms with Crippen molar-refractivity contribution in [3.63, 3.8) is 0 Å². The molecule has 1 aliphatic carbocycles. The highest BCUT2D eigenvalue weighted by molar-refractivity contribution is 6.17. The second-order valence-corrected chi connectivity index (χ2v) is 6.19. The zero-order valence-corrected chi connectivity index (χ0v) is 13.4. The maximum Gasteiger partial charge on any atom is 0.159 e. The van der Waals surface area contributed by atoms with Crippen LogP contribution in [0.4, 0.5) is 0 Å². The topological polar surface area (TPSA) is 35.6 Å². The fraction of sp³-hybridized carbons (Fsp3) is 0.733. The number of alkyl halides is 1. The van der Waals surface area contributed by atoms with Crippen LogP contribution in [0.3, 0.4) is 0 Å². The summed E-state index contributed by atoms with van der Waals surface area (Å²) in [6.07, 6.45) is 5.80. The number of aryl methyl sites for hydroxylation is 3. The number of rotatable bonds is 5. The van der Waals surface area contributed by atoms with Crippen molar-refractivity contribution < 1.29 is 0 Å². The molecule has 0 amide bonds. The third-order valence-electron chi connectivity index (χ3n) is 4.81. The van der Waals surface area contributed by atoms with Gasteiger partial charge in [0.2, 0.25) is 0 Å². The predicted molar refractivity (Wildman–Crippen MR) is 82.5 cm³/mol. The Morgan fingerprint density at radius 2 is 2.05 bits per heavy atom. The Hall–Kier alpha value is -1.03. The number of halogens is 1. The van der Waals surface area contributed by atoms with E-state index in [0.717, 1.165) is 36.4 Å². The van der Waals surface area contributed by atoms with Crippen LogP contribution in [0.1, 0.15) is 51.0 Å². The fourth-order valence-electron chi connectivity index (χ4n) is 3.50. The Balaban J connectivity index is 2.27. The lowest BCUT2D eigenvalue weighted by molar-refractivity contribution is 0.136. The first-order chi connectivity index (χ1) is 9.66. The molecule has 3 rings (SSSR count). The van der Waals surface area contributed by atoms with E-state index in [-0.39, 0.29) is 5.54 Å². The molecule has 1 saturated carbocycles. The van der Waals surface area contributed by atoms with Crippen LogP contribution in [0, 0.1) is 6.92 Å². The lowest BCUT2D eigenvalue weighted by atomic mass is 9.74. The van der Waals surface area contributed by atoms with Crippen LogP contribution in [0.2, 0.25) is 0 Å². The van der Waals surface area contributed by atoms with Crippen LogP contribution in [0.25, 0.3) is 11.2 Å². The minimum absolute atomic E-state index is 0.246. The number of fused-ring (bicyclic) bond motifs is 1. The van der Waals surface area contributed by atoms with Gasteiger partial charge in [0, 0.05) is 24.4 Å². The fourth-order valence-corrected chi connectivity index (χ4v) is 3.67. The van der Waals surface area contributed by atoms with E-state index in [1.807, 2.05) is 0 Å². The molecule has 0 bridgehead atoms. The summed E-state index contributed by atoms with van der Waals surface area (Å²) in [5, 5.41) is 4.64. The van der Waals surface area contributed by atoms with E-state index >= 15 is 0 Å². The van der Waals surface area contributed by atoms with Gasteiger partial charge >= 0.3 is 0 Å². The maximum absolute atomic E-state index is 5.99. The van der Waals surface area contributed by atoms with Gasteiger partial charge in [-0.15, -0.1) is 11.6 Å². The summed E-state index contributed by atoms with van der Waals surface area (Å²) in [4.78, 5) is 4.86. The number of hydrogen-bond acceptors (Lipinski definition) is 2. The number of nitrogens with zero attached hydrogens (tertiary/aromatic N) is 4. The van der Waals surface area contributed by atoms with E-state index < -0.39 is 0 Å². The minimum Gasteiger partial charge on any atom is -0.307 e. The third kappa shape index (κ3) is 1.80. The van der Waals surface area contributed by atoms with Crippen molar-refractivity contribution in [3.8, 4) is 0 Å². The van der Waals surface area contributed by atoms with E-state index in [9.17, 15) is 0 Å². The van der Waals surface area contributed by atoms with E-state index in [0.29, 0.717) is 5.88 Å². The van der Waals surface area contributed by atoms with Crippen LogP contribution in [-0.2, 0) is 18.5 Å².